The van der Waals surface area contributed by atoms with Crippen molar-refractivity contribution in [1.29, 1.82) is 0 Å². The Bertz CT molecular complexity index is 833. The van der Waals surface area contributed by atoms with Gasteiger partial charge < -0.3 is 14.9 Å². The van der Waals surface area contributed by atoms with E-state index in [1.54, 1.807) is 25.3 Å². The summed E-state index contributed by atoms with van der Waals surface area (Å²) < 4.78 is 6.68. The molecule has 0 amide bonds. The highest BCUT2D eigenvalue weighted by Crippen LogP contribution is 2.29. The van der Waals surface area contributed by atoms with Crippen molar-refractivity contribution in [2.75, 3.05) is 33.4 Å². The Kier molecular flexibility index (Phi) is 8.44. The molecule has 7 nitrogen and oxygen atoms in total. The van der Waals surface area contributed by atoms with E-state index in [0.29, 0.717) is 48.2 Å². The predicted molar refractivity (Wildman–Crippen MR) is 110 cm³/mol. The lowest BCUT2D eigenvalue weighted by atomic mass is 10.1. The Hall–Kier alpha value is -1.93. The standard InChI is InChI=1S/C20H28ClN3O4/c1-14(2)12-24-20(27)16(13-23(6-8-25)7-9-26)11-18(22-24)15-4-5-19(28-3)17(21)10-15/h4-5,10-11,14,25-26H,6-9,12-13H2,1-3H3. The van der Waals surface area contributed by atoms with Gasteiger partial charge in [-0.3, -0.25) is 9.69 Å². The summed E-state index contributed by atoms with van der Waals surface area (Å²) in [5, 5.41) is 23.5. The number of rotatable bonds is 10. The van der Waals surface area contributed by atoms with E-state index in [1.165, 1.54) is 4.68 Å². The topological polar surface area (TPSA) is 87.8 Å². The molecular formula is C20H28ClN3O4. The predicted octanol–water partition coefficient (Wildman–Crippen LogP) is 2.01. The van der Waals surface area contributed by atoms with E-state index in [1.807, 2.05) is 24.8 Å². The molecule has 0 radical (unpaired) electrons. The number of aliphatic hydroxyl groups excluding tert-OH is 2. The highest BCUT2D eigenvalue weighted by Gasteiger charge is 2.15. The van der Waals surface area contributed by atoms with Gasteiger partial charge in [-0.2, -0.15) is 5.10 Å². The monoisotopic (exact) mass is 409 g/mol. The zero-order valence-electron chi connectivity index (χ0n) is 16.6. The van der Waals surface area contributed by atoms with Gasteiger partial charge in [0.2, 0.25) is 0 Å². The van der Waals surface area contributed by atoms with Crippen LogP contribution in [0.3, 0.4) is 0 Å². The first-order chi connectivity index (χ1) is 13.4. The molecule has 0 atom stereocenters. The maximum Gasteiger partial charge on any atom is 0.271 e. The van der Waals surface area contributed by atoms with E-state index in [0.717, 1.165) is 5.56 Å². The molecule has 0 aliphatic rings. The lowest BCUT2D eigenvalue weighted by molar-refractivity contribution is 0.155. The number of halogens is 1. The van der Waals surface area contributed by atoms with E-state index in [2.05, 4.69) is 5.10 Å². The van der Waals surface area contributed by atoms with Crippen molar-refractivity contribution in [1.82, 2.24) is 14.7 Å². The average molecular weight is 410 g/mol. The summed E-state index contributed by atoms with van der Waals surface area (Å²) in [6.07, 6.45) is 0. The number of aliphatic hydroxyl groups is 2. The van der Waals surface area contributed by atoms with Crippen LogP contribution >= 0.6 is 11.6 Å². The summed E-state index contributed by atoms with van der Waals surface area (Å²) in [5.74, 6) is 0.817. The second-order valence-electron chi connectivity index (χ2n) is 7.01. The van der Waals surface area contributed by atoms with Crippen LogP contribution in [-0.4, -0.2) is 58.3 Å². The third-order valence-electron chi connectivity index (χ3n) is 4.26. The lowest BCUT2D eigenvalue weighted by Crippen LogP contribution is -2.35. The van der Waals surface area contributed by atoms with Gasteiger partial charge in [-0.05, 0) is 30.2 Å². The normalized spacial score (nSPS) is 11.4. The minimum Gasteiger partial charge on any atom is -0.495 e. The molecule has 0 unspecified atom stereocenters. The van der Waals surface area contributed by atoms with Gasteiger partial charge in [0, 0.05) is 37.3 Å². The third-order valence-corrected chi connectivity index (χ3v) is 4.56. The fourth-order valence-corrected chi connectivity index (χ4v) is 3.20. The van der Waals surface area contributed by atoms with Crippen molar-refractivity contribution in [3.8, 4) is 17.0 Å². The number of ether oxygens (including phenoxy) is 1. The summed E-state index contributed by atoms with van der Waals surface area (Å²) >= 11 is 6.26. The molecule has 8 heteroatoms. The largest absolute Gasteiger partial charge is 0.495 e. The summed E-state index contributed by atoms with van der Waals surface area (Å²) in [4.78, 5) is 14.7. The van der Waals surface area contributed by atoms with Gasteiger partial charge in [-0.25, -0.2) is 4.68 Å². The molecule has 2 aromatic rings. The van der Waals surface area contributed by atoms with Crippen LogP contribution < -0.4 is 10.3 Å². The van der Waals surface area contributed by atoms with Crippen molar-refractivity contribution in [3.63, 3.8) is 0 Å². The fourth-order valence-electron chi connectivity index (χ4n) is 2.94. The lowest BCUT2D eigenvalue weighted by Gasteiger charge is -2.21. The molecule has 0 aliphatic carbocycles. The van der Waals surface area contributed by atoms with Crippen LogP contribution in [0.5, 0.6) is 5.75 Å². The Morgan fingerprint density at radius 1 is 1.21 bits per heavy atom. The van der Waals surface area contributed by atoms with Gasteiger partial charge in [-0.1, -0.05) is 25.4 Å². The van der Waals surface area contributed by atoms with E-state index < -0.39 is 0 Å². The van der Waals surface area contributed by atoms with E-state index >= 15 is 0 Å². The van der Waals surface area contributed by atoms with Crippen LogP contribution in [0.2, 0.25) is 5.02 Å². The van der Waals surface area contributed by atoms with Crippen LogP contribution in [0, 0.1) is 5.92 Å². The molecule has 0 aliphatic heterocycles. The highest BCUT2D eigenvalue weighted by molar-refractivity contribution is 6.32. The summed E-state index contributed by atoms with van der Waals surface area (Å²) in [5.41, 5.74) is 1.80. The fraction of sp³-hybridized carbons (Fsp3) is 0.500. The van der Waals surface area contributed by atoms with Crippen molar-refractivity contribution in [3.05, 3.63) is 45.2 Å². The van der Waals surface area contributed by atoms with E-state index in [-0.39, 0.29) is 24.7 Å². The molecule has 1 heterocycles. The van der Waals surface area contributed by atoms with Gasteiger partial charge in [0.15, 0.2) is 0 Å². The Balaban J connectivity index is 2.50. The van der Waals surface area contributed by atoms with E-state index in [4.69, 9.17) is 16.3 Å². The van der Waals surface area contributed by atoms with Gasteiger partial charge in [0.25, 0.3) is 5.56 Å². The smallest absolute Gasteiger partial charge is 0.271 e. The first-order valence-corrected chi connectivity index (χ1v) is 9.66. The molecule has 1 aromatic heterocycles. The Morgan fingerprint density at radius 3 is 2.43 bits per heavy atom. The molecule has 2 rings (SSSR count). The number of hydrogen-bond acceptors (Lipinski definition) is 6. The minimum absolute atomic E-state index is 0.0494. The molecule has 28 heavy (non-hydrogen) atoms. The quantitative estimate of drug-likeness (QED) is 0.624. The minimum atomic E-state index is -0.169. The maximum atomic E-state index is 12.9. The maximum absolute atomic E-state index is 12.9. The second-order valence-corrected chi connectivity index (χ2v) is 7.42. The Morgan fingerprint density at radius 2 is 1.89 bits per heavy atom. The van der Waals surface area contributed by atoms with Crippen LogP contribution in [-0.2, 0) is 13.1 Å². The van der Waals surface area contributed by atoms with Gasteiger partial charge in [0.1, 0.15) is 5.75 Å². The second kappa shape index (κ2) is 10.6. The van der Waals surface area contributed by atoms with Crippen molar-refractivity contribution < 1.29 is 14.9 Å². The zero-order chi connectivity index (χ0) is 20.7. The number of methoxy groups -OCH3 is 1. The van der Waals surface area contributed by atoms with Crippen molar-refractivity contribution >= 4 is 11.6 Å². The zero-order valence-corrected chi connectivity index (χ0v) is 17.3. The summed E-state index contributed by atoms with van der Waals surface area (Å²) in [7, 11) is 1.55. The molecule has 1 aromatic carbocycles. The van der Waals surface area contributed by atoms with Crippen LogP contribution in [0.1, 0.15) is 19.4 Å². The van der Waals surface area contributed by atoms with Gasteiger partial charge in [0.05, 0.1) is 31.0 Å². The number of aromatic nitrogens is 2. The molecule has 154 valence electrons. The SMILES string of the molecule is COc1ccc(-c2cc(CN(CCO)CCO)c(=O)n(CC(C)C)n2)cc1Cl. The van der Waals surface area contributed by atoms with Crippen molar-refractivity contribution in [2.24, 2.45) is 5.92 Å². The molecule has 0 bridgehead atoms. The first kappa shape index (κ1) is 22.4. The highest BCUT2D eigenvalue weighted by atomic mass is 35.5. The van der Waals surface area contributed by atoms with Crippen LogP contribution in [0.4, 0.5) is 0 Å². The van der Waals surface area contributed by atoms with Crippen molar-refractivity contribution in [2.45, 2.75) is 26.9 Å². The van der Waals surface area contributed by atoms with Gasteiger partial charge >= 0.3 is 0 Å². The first-order valence-electron chi connectivity index (χ1n) is 9.28. The summed E-state index contributed by atoms with van der Waals surface area (Å²) in [6.45, 7) is 5.49. The summed E-state index contributed by atoms with van der Waals surface area (Å²) in [6, 6.07) is 7.12. The molecular weight excluding hydrogens is 382 g/mol. The molecule has 2 N–H and O–H groups in total. The molecule has 0 saturated heterocycles. The molecule has 0 saturated carbocycles. The Labute approximate surface area is 170 Å². The molecule has 0 fully saturated rings. The third kappa shape index (κ3) is 5.78. The van der Waals surface area contributed by atoms with Gasteiger partial charge in [-0.15, -0.1) is 0 Å². The van der Waals surface area contributed by atoms with E-state index in [9.17, 15) is 15.0 Å². The van der Waals surface area contributed by atoms with Crippen LogP contribution in [0.15, 0.2) is 29.1 Å². The number of benzene rings is 1. The number of nitrogens with zero attached hydrogens (tertiary/aromatic N) is 3. The van der Waals surface area contributed by atoms with Crippen LogP contribution in [0.25, 0.3) is 11.3 Å². The number of hydrogen-bond donors (Lipinski definition) is 2. The average Bonchev–Trinajstić information content (AvgIpc) is 2.64. The molecule has 0 spiro atoms.